The van der Waals surface area contributed by atoms with Crippen LogP contribution >= 0.6 is 0 Å². The molecule has 9 rings (SSSR count). The van der Waals surface area contributed by atoms with Gasteiger partial charge in [-0.25, -0.2) is 4.79 Å². The summed E-state index contributed by atoms with van der Waals surface area (Å²) in [6, 6.07) is 40.1. The number of para-hydroxylation sites is 1. The number of phenols is 1. The van der Waals surface area contributed by atoms with Crippen molar-refractivity contribution in [2.24, 2.45) is 11.8 Å². The zero-order valence-corrected chi connectivity index (χ0v) is 31.8. The van der Waals surface area contributed by atoms with Crippen LogP contribution in [-0.2, 0) is 13.0 Å². The largest absolute Gasteiger partial charge is 0.506 e. The van der Waals surface area contributed by atoms with Gasteiger partial charge in [0, 0.05) is 30.2 Å². The highest BCUT2D eigenvalue weighted by atomic mass is 16.5. The summed E-state index contributed by atoms with van der Waals surface area (Å²) in [5.74, 6) is 1.33. The third-order valence-corrected chi connectivity index (χ3v) is 11.6. The van der Waals surface area contributed by atoms with Crippen molar-refractivity contribution in [3.05, 3.63) is 160 Å². The molecule has 5 aromatic carbocycles. The number of piperidine rings is 3. The van der Waals surface area contributed by atoms with E-state index >= 15 is 0 Å². The second-order valence-electron chi connectivity index (χ2n) is 15.2. The van der Waals surface area contributed by atoms with E-state index in [0.717, 1.165) is 66.7 Å². The number of carbonyl (C=O) groups is 1. The Balaban J connectivity index is 0.898. The van der Waals surface area contributed by atoms with Crippen molar-refractivity contribution in [3.63, 3.8) is 0 Å². The van der Waals surface area contributed by atoms with Crippen LogP contribution in [0.15, 0.2) is 132 Å². The third-order valence-electron chi connectivity index (χ3n) is 11.6. The number of aliphatic hydroxyl groups is 1. The molecule has 0 radical (unpaired) electrons. The lowest BCUT2D eigenvalue weighted by Gasteiger charge is -2.49. The standard InChI is InChI=1S/C47H48N4O6/c52-42-18-16-39(40-17-19-44(54)49-45(40)42)43(53)28-48-23-20-31-12-14-33(15-13-31)35-7-4-6-32(26-35)30-57-38-11-5-8-36(27-38)46(41-29-50-24-21-34(41)22-25-50)51(47(55)56)37-9-2-1-3-10-37/h1-19,26-27,34,41,43,46,48,52-53H,20-25,28-30H2,(H,49,54)(H,55,56)/t41?,43-,46-/m0/s1. The Bertz CT molecular complexity index is 2370. The van der Waals surface area contributed by atoms with Gasteiger partial charge in [-0.3, -0.25) is 9.69 Å². The lowest BCUT2D eigenvalue weighted by atomic mass is 9.73. The van der Waals surface area contributed by atoms with Crippen molar-refractivity contribution >= 4 is 22.7 Å². The molecule has 57 heavy (non-hydrogen) atoms. The number of anilines is 1. The first-order valence-corrected chi connectivity index (χ1v) is 19.7. The number of ether oxygens (including phenoxy) is 1. The van der Waals surface area contributed by atoms with Gasteiger partial charge in [-0.15, -0.1) is 0 Å². The number of benzene rings is 5. The van der Waals surface area contributed by atoms with E-state index in [1.54, 1.807) is 17.0 Å². The fourth-order valence-electron chi connectivity index (χ4n) is 8.73. The van der Waals surface area contributed by atoms with Crippen LogP contribution in [0, 0.1) is 11.8 Å². The molecular weight excluding hydrogens is 717 g/mol. The summed E-state index contributed by atoms with van der Waals surface area (Å²) in [4.78, 5) is 31.4. The summed E-state index contributed by atoms with van der Waals surface area (Å²) >= 11 is 0. The van der Waals surface area contributed by atoms with Crippen LogP contribution in [0.2, 0.25) is 0 Å². The van der Waals surface area contributed by atoms with Crippen molar-refractivity contribution < 1.29 is 24.9 Å². The highest BCUT2D eigenvalue weighted by Crippen LogP contribution is 2.45. The van der Waals surface area contributed by atoms with Gasteiger partial charge in [-0.05, 0) is 127 Å². The number of rotatable bonds is 14. The molecule has 4 heterocycles. The molecular formula is C47H48N4O6. The van der Waals surface area contributed by atoms with Crippen molar-refractivity contribution in [1.29, 1.82) is 0 Å². The van der Waals surface area contributed by atoms with E-state index in [2.05, 4.69) is 57.7 Å². The average Bonchev–Trinajstić information content (AvgIpc) is 3.24. The first-order chi connectivity index (χ1) is 27.8. The van der Waals surface area contributed by atoms with Crippen molar-refractivity contribution in [1.82, 2.24) is 15.2 Å². The van der Waals surface area contributed by atoms with Crippen LogP contribution in [0.3, 0.4) is 0 Å². The monoisotopic (exact) mass is 764 g/mol. The molecule has 3 atom stereocenters. The van der Waals surface area contributed by atoms with Crippen LogP contribution in [0.5, 0.6) is 11.5 Å². The number of hydrogen-bond acceptors (Lipinski definition) is 7. The molecule has 0 spiro atoms. The first-order valence-electron chi connectivity index (χ1n) is 19.7. The minimum atomic E-state index is -0.952. The fraction of sp³-hybridized carbons (Fsp3) is 0.277. The van der Waals surface area contributed by atoms with Crippen molar-refractivity contribution in [3.8, 4) is 22.6 Å². The van der Waals surface area contributed by atoms with Gasteiger partial charge < -0.3 is 35.3 Å². The van der Waals surface area contributed by atoms with E-state index in [1.807, 2.05) is 60.7 Å². The second kappa shape index (κ2) is 17.1. The third kappa shape index (κ3) is 8.58. The summed E-state index contributed by atoms with van der Waals surface area (Å²) in [7, 11) is 0. The molecule has 0 saturated carbocycles. The Morgan fingerprint density at radius 1 is 0.860 bits per heavy atom. The zero-order chi connectivity index (χ0) is 39.3. The number of aromatic nitrogens is 1. The van der Waals surface area contributed by atoms with Gasteiger partial charge in [0.1, 0.15) is 18.1 Å². The van der Waals surface area contributed by atoms with Crippen molar-refractivity contribution in [2.45, 2.75) is 38.0 Å². The second-order valence-corrected chi connectivity index (χ2v) is 15.2. The maximum atomic E-state index is 13.0. The number of fused-ring (bicyclic) bond motifs is 4. The maximum absolute atomic E-state index is 13.0. The molecule has 5 N–H and O–H groups in total. The molecule has 10 heteroatoms. The Kier molecular flexibility index (Phi) is 11.4. The van der Waals surface area contributed by atoms with E-state index in [9.17, 15) is 24.9 Å². The van der Waals surface area contributed by atoms with Crippen LogP contribution in [0.4, 0.5) is 10.5 Å². The summed E-state index contributed by atoms with van der Waals surface area (Å²) < 4.78 is 6.39. The topological polar surface area (TPSA) is 138 Å². The van der Waals surface area contributed by atoms with Gasteiger partial charge in [0.05, 0.1) is 17.7 Å². The molecule has 1 amide bonds. The number of nitrogens with one attached hydrogen (secondary N) is 2. The van der Waals surface area contributed by atoms with Crippen LogP contribution in [0.1, 0.15) is 47.2 Å². The molecule has 3 aliphatic heterocycles. The summed E-state index contributed by atoms with van der Waals surface area (Å²) in [5, 5.41) is 35.6. The molecule has 3 aliphatic rings. The number of nitrogens with zero attached hydrogens (tertiary/aromatic N) is 2. The average molecular weight is 765 g/mol. The molecule has 2 bridgehead atoms. The van der Waals surface area contributed by atoms with Crippen LogP contribution in [-0.4, -0.2) is 64.0 Å². The molecule has 292 valence electrons. The van der Waals surface area contributed by atoms with E-state index in [-0.39, 0.29) is 23.3 Å². The maximum Gasteiger partial charge on any atom is 0.412 e. The number of hydrogen-bond donors (Lipinski definition) is 5. The number of aromatic amines is 1. The molecule has 10 nitrogen and oxygen atoms in total. The number of aliphatic hydroxyl groups excluding tert-OH is 1. The molecule has 1 aromatic heterocycles. The van der Waals surface area contributed by atoms with Gasteiger partial charge in [-0.2, -0.15) is 0 Å². The molecule has 1 unspecified atom stereocenters. The summed E-state index contributed by atoms with van der Waals surface area (Å²) in [5.41, 5.74) is 6.64. The van der Waals surface area contributed by atoms with E-state index in [0.29, 0.717) is 53.5 Å². The minimum Gasteiger partial charge on any atom is -0.506 e. The van der Waals surface area contributed by atoms with Gasteiger partial charge in [-0.1, -0.05) is 78.9 Å². The Hall–Kier alpha value is -5.94. The van der Waals surface area contributed by atoms with Crippen LogP contribution < -0.4 is 20.5 Å². The Morgan fingerprint density at radius 3 is 2.40 bits per heavy atom. The van der Waals surface area contributed by atoms with E-state index in [1.165, 1.54) is 12.1 Å². The minimum absolute atomic E-state index is 0.0316. The number of phenolic OH excluding ortho intramolecular Hbond substituents is 1. The number of amides is 1. The molecule has 3 fully saturated rings. The van der Waals surface area contributed by atoms with Crippen molar-refractivity contribution in [2.75, 3.05) is 37.6 Å². The SMILES string of the molecule is O=C(O)N(c1ccccc1)[C@@H](c1cccc(OCc2cccc(-c3ccc(CCNC[C@H](O)c4ccc(O)c5[nH]c(=O)ccc45)cc3)c2)c1)C1CN2CCC1CC2. The van der Waals surface area contributed by atoms with Gasteiger partial charge >= 0.3 is 6.09 Å². The van der Waals surface area contributed by atoms with E-state index < -0.39 is 12.2 Å². The molecule has 0 aliphatic carbocycles. The molecule has 6 aromatic rings. The Labute approximate surface area is 332 Å². The number of aromatic hydroxyl groups is 1. The predicted octanol–water partition coefficient (Wildman–Crippen LogP) is 7.91. The predicted molar refractivity (Wildman–Crippen MR) is 223 cm³/mol. The van der Waals surface area contributed by atoms with Gasteiger partial charge in [0.15, 0.2) is 0 Å². The zero-order valence-electron chi connectivity index (χ0n) is 31.8. The number of H-pyrrole nitrogens is 1. The fourth-order valence-corrected chi connectivity index (χ4v) is 8.73. The normalized spacial score (nSPS) is 18.6. The van der Waals surface area contributed by atoms with Gasteiger partial charge in [0.25, 0.3) is 0 Å². The smallest absolute Gasteiger partial charge is 0.412 e. The summed E-state index contributed by atoms with van der Waals surface area (Å²) in [6.07, 6.45) is 1.20. The first kappa shape index (κ1) is 38.0. The quantitative estimate of drug-likeness (QED) is 0.0706. The van der Waals surface area contributed by atoms with Gasteiger partial charge in [0.2, 0.25) is 5.56 Å². The highest BCUT2D eigenvalue weighted by Gasteiger charge is 2.43. The lowest BCUT2D eigenvalue weighted by molar-refractivity contribution is 0.0358. The Morgan fingerprint density at radius 2 is 1.65 bits per heavy atom. The summed E-state index contributed by atoms with van der Waals surface area (Å²) in [6.45, 7) is 4.41. The number of pyridine rings is 1. The van der Waals surface area contributed by atoms with Crippen LogP contribution in [0.25, 0.3) is 22.0 Å². The highest BCUT2D eigenvalue weighted by molar-refractivity contribution is 5.88. The van der Waals surface area contributed by atoms with E-state index in [4.69, 9.17) is 4.74 Å². The molecule has 3 saturated heterocycles. The number of carboxylic acid groups (broad SMARTS) is 1. The lowest BCUT2D eigenvalue weighted by Crippen LogP contribution is -2.53.